The average Bonchev–Trinajstić information content (AvgIpc) is 2.67. The van der Waals surface area contributed by atoms with Gasteiger partial charge < -0.3 is 5.32 Å². The Labute approximate surface area is 160 Å². The summed E-state index contributed by atoms with van der Waals surface area (Å²) >= 11 is 5.80. The molecule has 27 heavy (non-hydrogen) atoms. The summed E-state index contributed by atoms with van der Waals surface area (Å²) in [7, 11) is 0. The minimum Gasteiger partial charge on any atom is -0.326 e. The van der Waals surface area contributed by atoms with Crippen LogP contribution in [-0.4, -0.2) is 21.9 Å². The molecular formula is C20H16ClN3O3. The molecule has 0 atom stereocenters. The number of carbonyl (C=O) groups is 2. The van der Waals surface area contributed by atoms with Crippen molar-refractivity contribution in [2.24, 2.45) is 0 Å². The molecule has 0 aliphatic heterocycles. The molecule has 1 amide bonds. The van der Waals surface area contributed by atoms with Crippen LogP contribution in [0.2, 0.25) is 5.02 Å². The molecule has 3 aromatic rings. The zero-order valence-corrected chi connectivity index (χ0v) is 15.0. The third-order valence-corrected chi connectivity index (χ3v) is 4.12. The van der Waals surface area contributed by atoms with E-state index in [2.05, 4.69) is 15.5 Å². The molecule has 136 valence electrons. The number of carbonyl (C=O) groups excluding carboxylic acids is 2. The van der Waals surface area contributed by atoms with Crippen molar-refractivity contribution >= 4 is 29.0 Å². The Hall–Kier alpha value is -3.25. The lowest BCUT2D eigenvalue weighted by atomic mass is 10.1. The lowest BCUT2D eigenvalue weighted by Gasteiger charge is -2.07. The molecule has 2 N–H and O–H groups in total. The monoisotopic (exact) mass is 381 g/mol. The Balaban J connectivity index is 1.60. The van der Waals surface area contributed by atoms with Crippen LogP contribution in [0.25, 0.3) is 11.3 Å². The topological polar surface area (TPSA) is 91.9 Å². The van der Waals surface area contributed by atoms with Gasteiger partial charge in [0, 0.05) is 40.7 Å². The number of halogens is 1. The maximum absolute atomic E-state index is 12.1. The first-order valence-electron chi connectivity index (χ1n) is 8.26. The van der Waals surface area contributed by atoms with E-state index in [-0.39, 0.29) is 30.1 Å². The van der Waals surface area contributed by atoms with Crippen molar-refractivity contribution in [3.05, 3.63) is 81.6 Å². The van der Waals surface area contributed by atoms with Gasteiger partial charge in [0.05, 0.1) is 5.69 Å². The molecule has 0 saturated heterocycles. The first kappa shape index (κ1) is 18.5. The van der Waals surface area contributed by atoms with Crippen molar-refractivity contribution < 1.29 is 9.59 Å². The quantitative estimate of drug-likeness (QED) is 0.637. The number of hydrogen-bond donors (Lipinski definition) is 2. The second kappa shape index (κ2) is 8.42. The molecule has 0 unspecified atom stereocenters. The van der Waals surface area contributed by atoms with E-state index in [4.69, 9.17) is 11.6 Å². The summed E-state index contributed by atoms with van der Waals surface area (Å²) in [5.41, 5.74) is 2.17. The molecule has 0 spiro atoms. The van der Waals surface area contributed by atoms with Crippen LogP contribution in [0.1, 0.15) is 23.2 Å². The third kappa shape index (κ3) is 5.12. The van der Waals surface area contributed by atoms with Gasteiger partial charge in [0.25, 0.3) is 5.56 Å². The van der Waals surface area contributed by atoms with Gasteiger partial charge in [-0.05, 0) is 42.5 Å². The highest BCUT2D eigenvalue weighted by Crippen LogP contribution is 2.20. The van der Waals surface area contributed by atoms with Crippen LogP contribution in [0.5, 0.6) is 0 Å². The minimum absolute atomic E-state index is 0.0720. The van der Waals surface area contributed by atoms with Gasteiger partial charge in [-0.15, -0.1) is 0 Å². The second-order valence-corrected chi connectivity index (χ2v) is 6.30. The predicted octanol–water partition coefficient (Wildman–Crippen LogP) is 3.69. The number of rotatable bonds is 6. The standard InChI is InChI=1S/C20H16ClN3O3/c21-15-6-4-13(5-7-15)18(25)9-11-19(26)22-16-3-1-2-14(12-16)17-8-10-20(27)24-23-17/h1-8,10,12H,9,11H2,(H,22,26)(H,24,27). The largest absolute Gasteiger partial charge is 0.326 e. The molecule has 0 radical (unpaired) electrons. The fourth-order valence-corrected chi connectivity index (χ4v) is 2.62. The Morgan fingerprint density at radius 1 is 1.00 bits per heavy atom. The lowest BCUT2D eigenvalue weighted by molar-refractivity contribution is -0.116. The molecule has 7 heteroatoms. The van der Waals surface area contributed by atoms with Gasteiger partial charge in [-0.2, -0.15) is 5.10 Å². The molecule has 0 aliphatic rings. The smallest absolute Gasteiger partial charge is 0.264 e. The van der Waals surface area contributed by atoms with Gasteiger partial charge in [0.2, 0.25) is 5.91 Å². The van der Waals surface area contributed by atoms with E-state index >= 15 is 0 Å². The minimum atomic E-state index is -0.284. The van der Waals surface area contributed by atoms with E-state index in [9.17, 15) is 14.4 Å². The third-order valence-electron chi connectivity index (χ3n) is 3.87. The summed E-state index contributed by atoms with van der Waals surface area (Å²) in [5, 5.41) is 9.66. The number of amides is 1. The summed E-state index contributed by atoms with van der Waals surface area (Å²) in [6.07, 6.45) is 0.178. The summed E-state index contributed by atoms with van der Waals surface area (Å²) in [6, 6.07) is 16.6. The van der Waals surface area contributed by atoms with Crippen molar-refractivity contribution in [3.8, 4) is 11.3 Å². The normalized spacial score (nSPS) is 10.4. The summed E-state index contributed by atoms with van der Waals surface area (Å²) in [5.74, 6) is -0.378. The molecule has 2 aromatic carbocycles. The summed E-state index contributed by atoms with van der Waals surface area (Å²) in [6.45, 7) is 0. The number of anilines is 1. The average molecular weight is 382 g/mol. The number of aromatic nitrogens is 2. The van der Waals surface area contributed by atoms with Crippen molar-refractivity contribution in [2.45, 2.75) is 12.8 Å². The molecule has 1 aromatic heterocycles. The van der Waals surface area contributed by atoms with Crippen LogP contribution < -0.4 is 10.9 Å². The van der Waals surface area contributed by atoms with Crippen LogP contribution in [-0.2, 0) is 4.79 Å². The molecule has 0 saturated carbocycles. The van der Waals surface area contributed by atoms with E-state index in [0.29, 0.717) is 22.0 Å². The van der Waals surface area contributed by atoms with E-state index in [1.54, 1.807) is 48.5 Å². The van der Waals surface area contributed by atoms with Gasteiger partial charge in [-0.3, -0.25) is 14.4 Å². The summed E-state index contributed by atoms with van der Waals surface area (Å²) < 4.78 is 0. The van der Waals surface area contributed by atoms with Crippen LogP contribution in [0.15, 0.2) is 65.5 Å². The first-order chi connectivity index (χ1) is 13.0. The van der Waals surface area contributed by atoms with Crippen LogP contribution in [0.4, 0.5) is 5.69 Å². The van der Waals surface area contributed by atoms with Crippen LogP contribution in [0, 0.1) is 0 Å². The highest BCUT2D eigenvalue weighted by atomic mass is 35.5. The van der Waals surface area contributed by atoms with E-state index in [0.717, 1.165) is 5.56 Å². The highest BCUT2D eigenvalue weighted by molar-refractivity contribution is 6.30. The molecule has 0 aliphatic carbocycles. The summed E-state index contributed by atoms with van der Waals surface area (Å²) in [4.78, 5) is 35.4. The van der Waals surface area contributed by atoms with Gasteiger partial charge in [-0.25, -0.2) is 5.10 Å². The number of benzene rings is 2. The Kier molecular flexibility index (Phi) is 5.78. The van der Waals surface area contributed by atoms with E-state index in [1.807, 2.05) is 6.07 Å². The first-order valence-corrected chi connectivity index (χ1v) is 8.64. The highest BCUT2D eigenvalue weighted by Gasteiger charge is 2.10. The SMILES string of the molecule is O=C(CCC(=O)c1ccc(Cl)cc1)Nc1cccc(-c2ccc(=O)[nH]n2)c1. The second-order valence-electron chi connectivity index (χ2n) is 5.87. The van der Waals surface area contributed by atoms with Crippen LogP contribution in [0.3, 0.4) is 0 Å². The van der Waals surface area contributed by atoms with E-state index < -0.39 is 0 Å². The van der Waals surface area contributed by atoms with Gasteiger partial charge in [-0.1, -0.05) is 23.7 Å². The van der Waals surface area contributed by atoms with Crippen molar-refractivity contribution in [1.82, 2.24) is 10.2 Å². The van der Waals surface area contributed by atoms with Crippen molar-refractivity contribution in [2.75, 3.05) is 5.32 Å². The van der Waals surface area contributed by atoms with Crippen molar-refractivity contribution in [1.29, 1.82) is 0 Å². The number of aromatic amines is 1. The number of Topliss-reactive ketones (excluding diaryl/α,β-unsaturated/α-hetero) is 1. The lowest BCUT2D eigenvalue weighted by Crippen LogP contribution is -2.13. The maximum Gasteiger partial charge on any atom is 0.264 e. The van der Waals surface area contributed by atoms with Gasteiger partial charge in [0.15, 0.2) is 5.78 Å². The molecule has 1 heterocycles. The Bertz CT molecular complexity index is 1010. The molecular weight excluding hydrogens is 366 g/mol. The number of nitrogens with zero attached hydrogens (tertiary/aromatic N) is 1. The van der Waals surface area contributed by atoms with Gasteiger partial charge in [0.1, 0.15) is 0 Å². The number of H-pyrrole nitrogens is 1. The molecule has 0 bridgehead atoms. The van der Waals surface area contributed by atoms with Gasteiger partial charge >= 0.3 is 0 Å². The molecule has 6 nitrogen and oxygen atoms in total. The number of nitrogens with one attached hydrogen (secondary N) is 2. The zero-order valence-electron chi connectivity index (χ0n) is 14.2. The molecule has 0 fully saturated rings. The Morgan fingerprint density at radius 2 is 1.78 bits per heavy atom. The fraction of sp³-hybridized carbons (Fsp3) is 0.100. The predicted molar refractivity (Wildman–Crippen MR) is 104 cm³/mol. The number of ketones is 1. The molecule has 3 rings (SSSR count). The Morgan fingerprint density at radius 3 is 2.48 bits per heavy atom. The zero-order chi connectivity index (χ0) is 19.2. The fourth-order valence-electron chi connectivity index (χ4n) is 2.49. The maximum atomic E-state index is 12.1. The van der Waals surface area contributed by atoms with Crippen LogP contribution >= 0.6 is 11.6 Å². The van der Waals surface area contributed by atoms with Crippen molar-refractivity contribution in [3.63, 3.8) is 0 Å². The van der Waals surface area contributed by atoms with E-state index in [1.165, 1.54) is 6.07 Å². The number of hydrogen-bond acceptors (Lipinski definition) is 4.